The van der Waals surface area contributed by atoms with E-state index in [0.717, 1.165) is 34.9 Å². The maximum absolute atomic E-state index is 2.84. The van der Waals surface area contributed by atoms with Crippen LogP contribution >= 0.6 is 0 Å². The Balaban J connectivity index is 0.911. The maximum Gasteiger partial charge on any atom is 0.0542 e. The van der Waals surface area contributed by atoms with Crippen LogP contribution < -0.4 is 19.6 Å². The van der Waals surface area contributed by atoms with Crippen LogP contribution in [0.4, 0.5) is 56.9 Å². The van der Waals surface area contributed by atoms with Gasteiger partial charge in [0, 0.05) is 94.8 Å². The van der Waals surface area contributed by atoms with Gasteiger partial charge in [-0.05, 0) is 225 Å². The highest BCUT2D eigenvalue weighted by molar-refractivity contribution is 5.98. The Morgan fingerprint density at radius 3 is 0.969 bits per heavy atom. The van der Waals surface area contributed by atoms with Gasteiger partial charge in [-0.1, -0.05) is 234 Å². The molecule has 484 valence electrons. The molecule has 7 aliphatic rings. The molecule has 3 heterocycles. The molecule has 1 unspecified atom stereocenters. The van der Waals surface area contributed by atoms with Crippen molar-refractivity contribution >= 4 is 56.9 Å². The summed E-state index contributed by atoms with van der Waals surface area (Å²) in [7, 11) is 0. The van der Waals surface area contributed by atoms with Crippen molar-refractivity contribution in [2.45, 2.75) is 150 Å². The number of anilines is 10. The van der Waals surface area contributed by atoms with Crippen LogP contribution in [0.15, 0.2) is 247 Å². The van der Waals surface area contributed by atoms with E-state index < -0.39 is 21.7 Å². The number of nitrogens with zero attached hydrogens (tertiary/aromatic N) is 4. The van der Waals surface area contributed by atoms with Crippen LogP contribution in [0.3, 0.4) is 0 Å². The lowest BCUT2D eigenvalue weighted by atomic mass is 9.50. The Labute approximate surface area is 581 Å². The van der Waals surface area contributed by atoms with E-state index in [1.165, 1.54) is 151 Å². The van der Waals surface area contributed by atoms with E-state index in [4.69, 9.17) is 0 Å². The maximum atomic E-state index is 2.84. The van der Waals surface area contributed by atoms with Gasteiger partial charge in [-0.15, -0.1) is 0 Å². The summed E-state index contributed by atoms with van der Waals surface area (Å²) in [6.07, 6.45) is 3.46. The minimum absolute atomic E-state index is 0.179. The van der Waals surface area contributed by atoms with Gasteiger partial charge in [0.1, 0.15) is 0 Å². The number of rotatable bonds is 9. The quantitative estimate of drug-likeness (QED) is 0.143. The number of fused-ring (bicyclic) bond motifs is 9. The predicted molar refractivity (Wildman–Crippen MR) is 412 cm³/mol. The average Bonchev–Trinajstić information content (AvgIpc) is 0.928. The molecule has 0 amide bonds. The first-order chi connectivity index (χ1) is 46.7. The second-order valence-electron chi connectivity index (χ2n) is 33.1. The minimum atomic E-state index is -0.491. The molecule has 0 aromatic heterocycles. The SMILES string of the molecule is Cc1ccc(N(C2=CC3=C4N5c6c(cc(N(c7ccc(C)cc7)c7ccc8c(c7)C(C)(C)c7ccccc7-8)cc6C(C)(C)c6cc(N(c7ccc(C)cc7)c7ccc8c(c7)C(C)(C)c7ccccc7-8)cc(c65)C(C)(C)C4(C)C2)C3(C)C)c2ccc3c(c2)C(C)(C)c2ccccc2-3)cc1. The molecule has 4 heteroatoms. The van der Waals surface area contributed by atoms with Crippen LogP contribution in [-0.4, -0.2) is 0 Å². The van der Waals surface area contributed by atoms with Crippen LogP contribution in [0.1, 0.15) is 169 Å². The molecule has 0 bridgehead atoms. The predicted octanol–water partition coefficient (Wildman–Crippen LogP) is 25.2. The van der Waals surface area contributed by atoms with Crippen LogP contribution in [0.25, 0.3) is 33.4 Å². The monoisotopic (exact) mass is 1270 g/mol. The van der Waals surface area contributed by atoms with Gasteiger partial charge in [-0.2, -0.15) is 0 Å². The second-order valence-corrected chi connectivity index (χ2v) is 33.1. The number of hydrogen-bond acceptors (Lipinski definition) is 4. The molecule has 3 aliphatic heterocycles. The van der Waals surface area contributed by atoms with E-state index >= 15 is 0 Å². The average molecular weight is 1270 g/mol. The van der Waals surface area contributed by atoms with Crippen LogP contribution in [-0.2, 0) is 32.5 Å². The van der Waals surface area contributed by atoms with Gasteiger partial charge in [-0.3, -0.25) is 0 Å². The molecule has 0 saturated carbocycles. The summed E-state index contributed by atoms with van der Waals surface area (Å²) in [5.41, 5.74) is 39.0. The molecule has 0 saturated heterocycles. The normalized spacial score (nSPS) is 19.1. The van der Waals surface area contributed by atoms with Gasteiger partial charge in [0.25, 0.3) is 0 Å². The Bertz CT molecular complexity index is 5350. The summed E-state index contributed by atoms with van der Waals surface area (Å²) in [6.45, 7) is 39.1. The fourth-order valence-electron chi connectivity index (χ4n) is 19.3. The molecular weight excluding hydrogens is 1190 g/mol. The van der Waals surface area contributed by atoms with E-state index in [2.05, 4.69) is 361 Å². The van der Waals surface area contributed by atoms with E-state index in [1.807, 2.05) is 0 Å². The van der Waals surface area contributed by atoms with Crippen molar-refractivity contribution in [3.05, 3.63) is 320 Å². The Morgan fingerprint density at radius 1 is 0.276 bits per heavy atom. The molecule has 0 spiro atoms. The standard InChI is InChI=1S/C94H88N4/c1-56-29-35-59(36-30-56)95(62-41-44-71-68-23-17-20-26-74(68)88(4,5)77(71)47-62)65-50-80-85-81(51-65)92(12,13)84-54-67(97(61-39-33-58(3)34-40-61)64-43-46-73-70-25-19-22-28-76(70)90(8,9)79(73)49-64)55-94(16)87(84)98(85)86-82(91(80,10)11)52-66(53-83(86)93(94,14)15)96(60-37-31-57(2)32-38-60)63-42-45-72-69-24-18-21-27-75(69)89(6,7)78(72)48-63/h17-54H,55H2,1-16H3. The fourth-order valence-corrected chi connectivity index (χ4v) is 19.3. The third kappa shape index (κ3) is 8.06. The zero-order valence-corrected chi connectivity index (χ0v) is 59.9. The minimum Gasteiger partial charge on any atom is -0.314 e. The van der Waals surface area contributed by atoms with Gasteiger partial charge in [0.15, 0.2) is 0 Å². The second kappa shape index (κ2) is 20.1. The Morgan fingerprint density at radius 2 is 0.571 bits per heavy atom. The first-order valence-electron chi connectivity index (χ1n) is 35.7. The van der Waals surface area contributed by atoms with Crippen molar-refractivity contribution in [1.82, 2.24) is 0 Å². The van der Waals surface area contributed by atoms with Gasteiger partial charge in [0.05, 0.1) is 11.4 Å². The lowest BCUT2D eigenvalue weighted by molar-refractivity contribution is 0.196. The van der Waals surface area contributed by atoms with Gasteiger partial charge in [0.2, 0.25) is 0 Å². The van der Waals surface area contributed by atoms with E-state index in [0.29, 0.717) is 0 Å². The largest absolute Gasteiger partial charge is 0.314 e. The zero-order valence-electron chi connectivity index (χ0n) is 59.9. The summed E-state index contributed by atoms with van der Waals surface area (Å²) in [5, 5.41) is 0. The van der Waals surface area contributed by atoms with Gasteiger partial charge >= 0.3 is 0 Å². The Kier molecular flexibility index (Phi) is 12.4. The van der Waals surface area contributed by atoms with Crippen molar-refractivity contribution in [3.63, 3.8) is 0 Å². The van der Waals surface area contributed by atoms with Crippen LogP contribution in [0.5, 0.6) is 0 Å². The number of allylic oxidation sites excluding steroid dienone is 4. The summed E-state index contributed by atoms with van der Waals surface area (Å²) in [4.78, 5) is 10.7. The van der Waals surface area contributed by atoms with E-state index in [1.54, 1.807) is 0 Å². The molecule has 0 fully saturated rings. The molecule has 11 aromatic rings. The third-order valence-electron chi connectivity index (χ3n) is 25.4. The van der Waals surface area contributed by atoms with Gasteiger partial charge in [-0.25, -0.2) is 0 Å². The smallest absolute Gasteiger partial charge is 0.0542 e. The molecule has 0 radical (unpaired) electrons. The van der Waals surface area contributed by atoms with Crippen molar-refractivity contribution in [2.75, 3.05) is 19.6 Å². The molecule has 4 aliphatic carbocycles. The van der Waals surface area contributed by atoms with E-state index in [-0.39, 0.29) is 16.2 Å². The molecular formula is C94H88N4. The van der Waals surface area contributed by atoms with Crippen molar-refractivity contribution < 1.29 is 0 Å². The Hall–Kier alpha value is -9.90. The summed E-state index contributed by atoms with van der Waals surface area (Å²) >= 11 is 0. The summed E-state index contributed by atoms with van der Waals surface area (Å²) in [5.74, 6) is 0. The first-order valence-corrected chi connectivity index (χ1v) is 35.7. The summed E-state index contributed by atoms with van der Waals surface area (Å²) in [6, 6.07) is 87.4. The highest BCUT2D eigenvalue weighted by Gasteiger charge is 2.62. The van der Waals surface area contributed by atoms with E-state index in [9.17, 15) is 0 Å². The lowest BCUT2D eigenvalue weighted by Gasteiger charge is -2.63. The molecule has 0 N–H and O–H groups in total. The van der Waals surface area contributed by atoms with Crippen molar-refractivity contribution in [3.8, 4) is 33.4 Å². The lowest BCUT2D eigenvalue weighted by Crippen LogP contribution is -2.56. The molecule has 18 rings (SSSR count). The molecule has 98 heavy (non-hydrogen) atoms. The number of hydrogen-bond donors (Lipinski definition) is 0. The topological polar surface area (TPSA) is 13.0 Å². The first kappa shape index (κ1) is 60.5. The molecule has 1 atom stereocenters. The number of benzene rings is 11. The van der Waals surface area contributed by atoms with Crippen molar-refractivity contribution in [1.29, 1.82) is 0 Å². The third-order valence-corrected chi connectivity index (χ3v) is 25.4. The highest BCUT2D eigenvalue weighted by Crippen LogP contribution is 2.72. The fraction of sp³-hybridized carbons (Fsp3) is 0.255. The highest BCUT2D eigenvalue weighted by atomic mass is 15.2. The molecule has 4 nitrogen and oxygen atoms in total. The van der Waals surface area contributed by atoms with Crippen LogP contribution in [0, 0.1) is 26.2 Å². The van der Waals surface area contributed by atoms with Crippen LogP contribution in [0.2, 0.25) is 0 Å². The number of aryl methyl sites for hydroxylation is 3. The van der Waals surface area contributed by atoms with Gasteiger partial charge < -0.3 is 19.6 Å². The molecule has 11 aromatic carbocycles. The van der Waals surface area contributed by atoms with Crippen molar-refractivity contribution in [2.24, 2.45) is 5.41 Å². The zero-order chi connectivity index (χ0) is 67.9. The summed E-state index contributed by atoms with van der Waals surface area (Å²) < 4.78 is 0.